The minimum absolute atomic E-state index is 0.163. The average molecular weight is 453 g/mol. The summed E-state index contributed by atoms with van der Waals surface area (Å²) in [7, 11) is 0. The normalized spacial score (nSPS) is 20.7. The van der Waals surface area contributed by atoms with E-state index in [1.54, 1.807) is 0 Å². The summed E-state index contributed by atoms with van der Waals surface area (Å²) in [6.07, 6.45) is 3.03. The molecule has 1 fully saturated rings. The smallest absolute Gasteiger partial charge is 0.244 e. The summed E-state index contributed by atoms with van der Waals surface area (Å²) in [5.74, 6) is 1.26. The Bertz CT molecular complexity index is 1120. The summed E-state index contributed by atoms with van der Waals surface area (Å²) < 4.78 is 2.48. The Morgan fingerprint density at radius 1 is 0.912 bits per heavy atom. The van der Waals surface area contributed by atoms with E-state index in [0.29, 0.717) is 6.04 Å². The molecule has 2 N–H and O–H groups in total. The van der Waals surface area contributed by atoms with Crippen LogP contribution >= 0.6 is 0 Å². The molecule has 0 saturated heterocycles. The van der Waals surface area contributed by atoms with Gasteiger partial charge >= 0.3 is 0 Å². The number of primary amides is 1. The fourth-order valence-corrected chi connectivity index (χ4v) is 6.34. The van der Waals surface area contributed by atoms with Crippen LogP contribution < -0.4 is 5.73 Å². The molecule has 1 aliphatic carbocycles. The van der Waals surface area contributed by atoms with E-state index in [2.05, 4.69) is 71.0 Å². The van der Waals surface area contributed by atoms with Gasteiger partial charge in [-0.1, -0.05) is 91.0 Å². The highest BCUT2D eigenvalue weighted by Gasteiger charge is 2.52. The Morgan fingerprint density at radius 3 is 2.03 bits per heavy atom. The van der Waals surface area contributed by atoms with E-state index in [1.165, 1.54) is 11.4 Å². The fourth-order valence-electron chi connectivity index (χ4n) is 6.34. The number of carbonyl (C=O) groups is 1. The molecule has 1 saturated carbocycles. The van der Waals surface area contributed by atoms with Crippen molar-refractivity contribution in [2.75, 3.05) is 13.1 Å². The second-order valence-electron chi connectivity index (χ2n) is 9.72. The molecule has 4 nitrogen and oxygen atoms in total. The molecule has 2 atom stereocenters. The third kappa shape index (κ3) is 3.91. The second-order valence-corrected chi connectivity index (χ2v) is 9.72. The first-order chi connectivity index (χ1) is 16.6. The largest absolute Gasteiger partial charge is 0.369 e. The molecule has 0 radical (unpaired) electrons. The predicted octanol–water partition coefficient (Wildman–Crippen LogP) is 4.57. The third-order valence-corrected chi connectivity index (χ3v) is 8.01. The first kappa shape index (κ1) is 22.4. The molecule has 3 aromatic rings. The maximum Gasteiger partial charge on any atom is 0.244 e. The van der Waals surface area contributed by atoms with Gasteiger partial charge in [0.25, 0.3) is 0 Å². The van der Waals surface area contributed by atoms with Crippen LogP contribution in [-0.4, -0.2) is 40.3 Å². The highest BCUT2D eigenvalue weighted by atomic mass is 16.1. The summed E-state index contributed by atoms with van der Waals surface area (Å²) in [5, 5.41) is 0. The summed E-state index contributed by atoms with van der Waals surface area (Å²) in [4.78, 5) is 15.9. The van der Waals surface area contributed by atoms with Gasteiger partial charge in [0, 0.05) is 6.92 Å². The maximum atomic E-state index is 13.4. The van der Waals surface area contributed by atoms with Gasteiger partial charge in [-0.25, -0.2) is 0 Å². The van der Waals surface area contributed by atoms with Crippen molar-refractivity contribution < 1.29 is 9.37 Å². The molecule has 1 aliphatic heterocycles. The van der Waals surface area contributed by atoms with Gasteiger partial charge in [-0.3, -0.25) is 14.3 Å². The zero-order valence-corrected chi connectivity index (χ0v) is 19.9. The Hall–Kier alpha value is -3.40. The zero-order valence-electron chi connectivity index (χ0n) is 19.9. The number of benzene rings is 3. The summed E-state index contributed by atoms with van der Waals surface area (Å²) in [5.41, 5.74) is 8.83. The Morgan fingerprint density at radius 2 is 1.47 bits per heavy atom. The highest BCUT2D eigenvalue weighted by Crippen LogP contribution is 2.48. The highest BCUT2D eigenvalue weighted by molar-refractivity contribution is 5.91. The summed E-state index contributed by atoms with van der Waals surface area (Å²) in [6.45, 7) is 5.27. The van der Waals surface area contributed by atoms with Crippen LogP contribution in [0.3, 0.4) is 0 Å². The van der Waals surface area contributed by atoms with Gasteiger partial charge in [0.2, 0.25) is 11.7 Å². The number of nitrogens with two attached hydrogens (primary N) is 1. The molecule has 2 aliphatic rings. The van der Waals surface area contributed by atoms with Crippen LogP contribution in [0.5, 0.6) is 0 Å². The number of rotatable bonds is 7. The van der Waals surface area contributed by atoms with Crippen molar-refractivity contribution in [3.05, 3.63) is 108 Å². The standard InChI is InChI=1S/C30H33N3O/c1-23-32(22-24-11-5-2-6-12-24)19-20-33(23)28-18-17-27(21-28)30(29(31)34,25-13-7-3-8-14-25)26-15-9-4-10-16-26/h2-16,27-28H,17-22H2,1H3,(H-,31,34)/p+1/t27-,28+/m1/s1. The van der Waals surface area contributed by atoms with Crippen LogP contribution in [0.4, 0.5) is 0 Å². The van der Waals surface area contributed by atoms with Crippen molar-refractivity contribution in [2.24, 2.45) is 11.7 Å². The number of carbonyl (C=O) groups excluding carboxylic acids is 1. The molecule has 34 heavy (non-hydrogen) atoms. The Balaban J connectivity index is 1.44. The lowest BCUT2D eigenvalue weighted by atomic mass is 9.64. The monoisotopic (exact) mass is 452 g/mol. The Kier molecular flexibility index (Phi) is 6.23. The maximum absolute atomic E-state index is 13.4. The van der Waals surface area contributed by atoms with Gasteiger partial charge in [-0.15, -0.1) is 0 Å². The van der Waals surface area contributed by atoms with Crippen molar-refractivity contribution in [3.8, 4) is 0 Å². The summed E-state index contributed by atoms with van der Waals surface area (Å²) in [6, 6.07) is 31.5. The van der Waals surface area contributed by atoms with E-state index < -0.39 is 5.41 Å². The molecular formula is C30H34N3O+. The van der Waals surface area contributed by atoms with Crippen LogP contribution in [-0.2, 0) is 16.8 Å². The van der Waals surface area contributed by atoms with E-state index in [4.69, 9.17) is 5.73 Å². The molecule has 174 valence electrons. The number of amidine groups is 1. The van der Waals surface area contributed by atoms with Crippen LogP contribution in [0, 0.1) is 5.92 Å². The van der Waals surface area contributed by atoms with Crippen molar-refractivity contribution in [3.63, 3.8) is 0 Å². The van der Waals surface area contributed by atoms with E-state index in [0.717, 1.165) is 50.0 Å². The van der Waals surface area contributed by atoms with Crippen molar-refractivity contribution in [1.82, 2.24) is 4.90 Å². The first-order valence-corrected chi connectivity index (χ1v) is 12.4. The molecular weight excluding hydrogens is 418 g/mol. The van der Waals surface area contributed by atoms with Crippen LogP contribution in [0.1, 0.15) is 42.9 Å². The van der Waals surface area contributed by atoms with Gasteiger partial charge < -0.3 is 5.73 Å². The molecule has 1 amide bonds. The lowest BCUT2D eigenvalue weighted by molar-refractivity contribution is -0.534. The van der Waals surface area contributed by atoms with Crippen LogP contribution in [0.15, 0.2) is 91.0 Å². The molecule has 3 aromatic carbocycles. The fraction of sp³-hybridized carbons (Fsp3) is 0.333. The lowest BCUT2D eigenvalue weighted by Crippen LogP contribution is -2.48. The Labute approximate surface area is 202 Å². The number of hydrogen-bond acceptors (Lipinski definition) is 2. The molecule has 1 heterocycles. The lowest BCUT2D eigenvalue weighted by Gasteiger charge is -2.37. The van der Waals surface area contributed by atoms with Crippen LogP contribution in [0.25, 0.3) is 0 Å². The van der Waals surface area contributed by atoms with Crippen molar-refractivity contribution in [2.45, 2.75) is 44.2 Å². The number of amides is 1. The quantitative estimate of drug-likeness (QED) is 0.534. The molecule has 4 heteroatoms. The van der Waals surface area contributed by atoms with Gasteiger partial charge in [-0.05, 0) is 41.9 Å². The second kappa shape index (κ2) is 9.46. The summed E-state index contributed by atoms with van der Waals surface area (Å²) >= 11 is 0. The molecule has 0 unspecified atom stereocenters. The van der Waals surface area contributed by atoms with E-state index in [-0.39, 0.29) is 11.8 Å². The topological polar surface area (TPSA) is 49.3 Å². The SMILES string of the molecule is CC1=[N+](Cc2ccccc2)CCN1[C@H]1CC[C@@H](C(C(N)=O)(c2ccccc2)c2ccccc2)C1. The molecule has 0 bridgehead atoms. The minimum atomic E-state index is -0.811. The van der Waals surface area contributed by atoms with E-state index in [9.17, 15) is 4.79 Å². The van der Waals surface area contributed by atoms with Gasteiger partial charge in [0.05, 0.1) is 6.04 Å². The van der Waals surface area contributed by atoms with Gasteiger partial charge in [0.1, 0.15) is 25.0 Å². The molecule has 5 rings (SSSR count). The van der Waals surface area contributed by atoms with Gasteiger partial charge in [0.15, 0.2) is 0 Å². The average Bonchev–Trinajstić information content (AvgIpc) is 3.49. The first-order valence-electron chi connectivity index (χ1n) is 12.4. The van der Waals surface area contributed by atoms with Crippen LogP contribution in [0.2, 0.25) is 0 Å². The van der Waals surface area contributed by atoms with E-state index in [1.807, 2.05) is 36.4 Å². The third-order valence-electron chi connectivity index (χ3n) is 8.01. The molecule has 0 aromatic heterocycles. The van der Waals surface area contributed by atoms with Crippen molar-refractivity contribution >= 4 is 11.7 Å². The zero-order chi connectivity index (χ0) is 23.5. The number of nitrogens with zero attached hydrogens (tertiary/aromatic N) is 2. The minimum Gasteiger partial charge on any atom is -0.369 e. The molecule has 0 spiro atoms. The van der Waals surface area contributed by atoms with Gasteiger partial charge in [-0.2, -0.15) is 0 Å². The van der Waals surface area contributed by atoms with Crippen molar-refractivity contribution in [1.29, 1.82) is 0 Å². The number of hydrogen-bond donors (Lipinski definition) is 1. The van der Waals surface area contributed by atoms with E-state index >= 15 is 0 Å². The predicted molar refractivity (Wildman–Crippen MR) is 137 cm³/mol.